The fourth-order valence-electron chi connectivity index (χ4n) is 3.85. The normalized spacial score (nSPS) is 44.8. The zero-order valence-corrected chi connectivity index (χ0v) is 12.8. The fraction of sp³-hybridized carbons (Fsp3) is 0.857. The Kier molecular flexibility index (Phi) is 4.27. The van der Waals surface area contributed by atoms with Crippen LogP contribution in [-0.4, -0.2) is 0 Å². The van der Waals surface area contributed by atoms with Crippen LogP contribution in [0.4, 0.5) is 0 Å². The van der Waals surface area contributed by atoms with Crippen molar-refractivity contribution in [2.75, 3.05) is 0 Å². The molecule has 15 heavy (non-hydrogen) atoms. The Morgan fingerprint density at radius 3 is 1.20 bits per heavy atom. The van der Waals surface area contributed by atoms with E-state index >= 15 is 0 Å². The molecule has 4 saturated carbocycles. The van der Waals surface area contributed by atoms with Crippen LogP contribution in [-0.2, 0) is 19.5 Å². The summed E-state index contributed by atoms with van der Waals surface area (Å²) in [5, 5.41) is 0. The van der Waals surface area contributed by atoms with E-state index in [0.29, 0.717) is 0 Å². The first-order valence-electron chi connectivity index (χ1n) is 6.57. The van der Waals surface area contributed by atoms with Crippen molar-refractivity contribution in [3.63, 3.8) is 0 Å². The van der Waals surface area contributed by atoms with E-state index in [1.165, 1.54) is 51.4 Å². The van der Waals surface area contributed by atoms with Crippen LogP contribution < -0.4 is 0 Å². The van der Waals surface area contributed by atoms with Crippen molar-refractivity contribution in [1.82, 2.24) is 0 Å². The quantitative estimate of drug-likeness (QED) is 0.453. The van der Waals surface area contributed by atoms with Gasteiger partial charge in [0.25, 0.3) is 0 Å². The first kappa shape index (κ1) is 12.1. The zero-order valence-electron chi connectivity index (χ0n) is 9.83. The Bertz CT molecular complexity index is 144. The van der Waals surface area contributed by atoms with E-state index in [9.17, 15) is 0 Å². The molecule has 1 heteroatoms. The van der Waals surface area contributed by atoms with Crippen LogP contribution in [0.5, 0.6) is 0 Å². The predicted molar refractivity (Wildman–Crippen MR) is 59.5 cm³/mol. The molecule has 0 aromatic rings. The summed E-state index contributed by atoms with van der Waals surface area (Å²) < 4.78 is 0. The first-order chi connectivity index (χ1) is 6.90. The maximum absolute atomic E-state index is 2.51. The Labute approximate surface area is 107 Å². The molecular formula is C14H22Zn. The average molecular weight is 256 g/mol. The third-order valence-corrected chi connectivity index (χ3v) is 4.77. The van der Waals surface area contributed by atoms with Gasteiger partial charge in [-0.1, -0.05) is 50.4 Å². The Morgan fingerprint density at radius 1 is 0.667 bits per heavy atom. The summed E-state index contributed by atoms with van der Waals surface area (Å²) in [4.78, 5) is 0. The summed E-state index contributed by atoms with van der Waals surface area (Å²) in [5.74, 6) is 4.32. The minimum Gasteiger partial charge on any atom is -0.325 e. The van der Waals surface area contributed by atoms with Gasteiger partial charge in [0, 0.05) is 0 Å². The van der Waals surface area contributed by atoms with Crippen molar-refractivity contribution in [2.24, 2.45) is 23.7 Å². The van der Waals surface area contributed by atoms with Crippen molar-refractivity contribution in [1.29, 1.82) is 0 Å². The van der Waals surface area contributed by atoms with Crippen LogP contribution in [0.2, 0.25) is 0 Å². The zero-order chi connectivity index (χ0) is 9.38. The second kappa shape index (κ2) is 5.30. The van der Waals surface area contributed by atoms with Gasteiger partial charge < -0.3 is 12.8 Å². The molecule has 0 aliphatic heterocycles. The standard InChI is InChI=1S/2C7H11.Zn/c2*1-2-7-4-3-6(1)5-7;/h2*1,6-7H,2-5H2;/q2*-1;+2/t2*6-,7+;/m11./s1. The second-order valence-electron chi connectivity index (χ2n) is 5.82. The summed E-state index contributed by atoms with van der Waals surface area (Å²) in [6.07, 6.45) is 17.0. The maximum Gasteiger partial charge on any atom is 2.00 e. The van der Waals surface area contributed by atoms with Crippen LogP contribution in [0.3, 0.4) is 0 Å². The third kappa shape index (κ3) is 2.84. The van der Waals surface area contributed by atoms with Gasteiger partial charge in [0.1, 0.15) is 0 Å². The van der Waals surface area contributed by atoms with Crippen LogP contribution in [0.15, 0.2) is 0 Å². The van der Waals surface area contributed by atoms with E-state index in [0.717, 1.165) is 23.7 Å². The van der Waals surface area contributed by atoms with E-state index in [4.69, 9.17) is 0 Å². The predicted octanol–water partition coefficient (Wildman–Crippen LogP) is 4.02. The van der Waals surface area contributed by atoms with Crippen molar-refractivity contribution in [3.05, 3.63) is 12.8 Å². The van der Waals surface area contributed by atoms with Gasteiger partial charge in [0.15, 0.2) is 0 Å². The Morgan fingerprint density at radius 2 is 1.13 bits per heavy atom. The molecule has 4 aliphatic carbocycles. The molecule has 0 radical (unpaired) electrons. The first-order valence-corrected chi connectivity index (χ1v) is 6.57. The third-order valence-electron chi connectivity index (χ3n) is 4.77. The summed E-state index contributed by atoms with van der Waals surface area (Å²) >= 11 is 0. The maximum atomic E-state index is 2.51. The van der Waals surface area contributed by atoms with Crippen molar-refractivity contribution < 1.29 is 19.5 Å². The van der Waals surface area contributed by atoms with Gasteiger partial charge in [-0.2, -0.15) is 24.7 Å². The van der Waals surface area contributed by atoms with Gasteiger partial charge in [-0.05, 0) is 0 Å². The van der Waals surface area contributed by atoms with Crippen LogP contribution >= 0.6 is 0 Å². The molecule has 4 aliphatic rings. The number of hydrogen-bond donors (Lipinski definition) is 0. The molecule has 0 unspecified atom stereocenters. The molecule has 0 heterocycles. The molecule has 4 fully saturated rings. The molecule has 4 bridgehead atoms. The molecule has 80 valence electrons. The molecule has 0 nitrogen and oxygen atoms in total. The topological polar surface area (TPSA) is 0 Å². The van der Waals surface area contributed by atoms with Crippen LogP contribution in [0, 0.1) is 36.5 Å². The number of hydrogen-bond acceptors (Lipinski definition) is 0. The summed E-state index contributed by atoms with van der Waals surface area (Å²) in [6, 6.07) is 0. The summed E-state index contributed by atoms with van der Waals surface area (Å²) in [5.41, 5.74) is 0. The molecule has 4 atom stereocenters. The molecule has 0 spiro atoms. The summed E-state index contributed by atoms with van der Waals surface area (Å²) in [7, 11) is 0. The Hall–Kier alpha value is 0.623. The fourth-order valence-corrected chi connectivity index (χ4v) is 3.85. The van der Waals surface area contributed by atoms with E-state index in [2.05, 4.69) is 12.8 Å². The average Bonchev–Trinajstić information content (AvgIpc) is 3.01. The van der Waals surface area contributed by atoms with E-state index in [1.807, 2.05) is 0 Å². The van der Waals surface area contributed by atoms with E-state index < -0.39 is 0 Å². The van der Waals surface area contributed by atoms with Crippen LogP contribution in [0.25, 0.3) is 0 Å². The minimum atomic E-state index is 0. The smallest absolute Gasteiger partial charge is 0.325 e. The number of rotatable bonds is 0. The van der Waals surface area contributed by atoms with Gasteiger partial charge in [0.05, 0.1) is 0 Å². The van der Waals surface area contributed by atoms with E-state index in [-0.39, 0.29) is 19.5 Å². The van der Waals surface area contributed by atoms with Crippen molar-refractivity contribution in [2.45, 2.75) is 51.4 Å². The second-order valence-corrected chi connectivity index (χ2v) is 5.82. The van der Waals surface area contributed by atoms with E-state index in [1.54, 1.807) is 0 Å². The molecular weight excluding hydrogens is 234 g/mol. The van der Waals surface area contributed by atoms with Gasteiger partial charge in [-0.15, -0.1) is 0 Å². The molecule has 0 amide bonds. The van der Waals surface area contributed by atoms with Crippen LogP contribution in [0.1, 0.15) is 51.4 Å². The molecule has 0 saturated heterocycles. The Balaban J connectivity index is 0.000000107. The van der Waals surface area contributed by atoms with Gasteiger partial charge in [-0.3, -0.25) is 0 Å². The van der Waals surface area contributed by atoms with Gasteiger partial charge >= 0.3 is 19.5 Å². The molecule has 4 rings (SSSR count). The molecule has 0 aromatic heterocycles. The minimum absolute atomic E-state index is 0. The van der Waals surface area contributed by atoms with Crippen molar-refractivity contribution in [3.8, 4) is 0 Å². The van der Waals surface area contributed by atoms with Gasteiger partial charge in [0.2, 0.25) is 0 Å². The summed E-state index contributed by atoms with van der Waals surface area (Å²) in [6.45, 7) is 0. The largest absolute Gasteiger partial charge is 2.00 e. The van der Waals surface area contributed by atoms with Crippen molar-refractivity contribution >= 4 is 0 Å². The molecule has 0 aromatic carbocycles. The SMILES string of the molecule is [CH-]1C[C@H]2CC[C@@H]1C2.[CH-]1C[C@H]2CC[C@@H]1C2.[Zn+2]. The van der Waals surface area contributed by atoms with Gasteiger partial charge in [-0.25, -0.2) is 0 Å². The monoisotopic (exact) mass is 254 g/mol. The number of fused-ring (bicyclic) bond motifs is 4. The molecule has 0 N–H and O–H groups in total.